The lowest BCUT2D eigenvalue weighted by atomic mass is 9.69. The van der Waals surface area contributed by atoms with Gasteiger partial charge in [-0.05, 0) is 25.0 Å². The van der Waals surface area contributed by atoms with Crippen LogP contribution in [0.1, 0.15) is 38.3 Å². The van der Waals surface area contributed by atoms with Crippen molar-refractivity contribution in [3.8, 4) is 0 Å². The Balaban J connectivity index is 0.000000924. The third kappa shape index (κ3) is 4.03. The number of rotatable bonds is 4. The summed E-state index contributed by atoms with van der Waals surface area (Å²) in [4.78, 5) is 27.0. The van der Waals surface area contributed by atoms with Gasteiger partial charge in [-0.2, -0.15) is 0 Å². The molecule has 1 aliphatic heterocycles. The molecule has 23 heavy (non-hydrogen) atoms. The van der Waals surface area contributed by atoms with Crippen LogP contribution in [0.25, 0.3) is 0 Å². The summed E-state index contributed by atoms with van der Waals surface area (Å²) in [6.45, 7) is 3.85. The van der Waals surface area contributed by atoms with Crippen molar-refractivity contribution in [2.45, 2.75) is 32.6 Å². The molecule has 1 aromatic heterocycles. The zero-order chi connectivity index (χ0) is 17.2. The van der Waals surface area contributed by atoms with Crippen LogP contribution in [0.15, 0.2) is 12.1 Å². The molecule has 1 saturated heterocycles. The summed E-state index contributed by atoms with van der Waals surface area (Å²) < 4.78 is 5.34. The van der Waals surface area contributed by atoms with E-state index in [2.05, 4.69) is 4.98 Å². The highest BCUT2D eigenvalue weighted by atomic mass is 35.5. The van der Waals surface area contributed by atoms with Crippen molar-refractivity contribution in [3.05, 3.63) is 23.0 Å². The standard InChI is InChI=1S/C13H14BClN2O4.C2H6/c1-17(6-12(18)19)7-13(20)21-14(17)9-4-10(8-2-3-8)16-11(15)5-9;1-2/h4-5,8H,2-3,6-7H2,1H3;1-2H3/p+1. The lowest BCUT2D eigenvalue weighted by Gasteiger charge is -2.28. The van der Waals surface area contributed by atoms with Gasteiger partial charge < -0.3 is 14.2 Å². The number of carbonyl (C=O) groups excluding carboxylic acids is 1. The Kier molecular flexibility index (Phi) is 5.32. The molecule has 1 saturated carbocycles. The van der Waals surface area contributed by atoms with E-state index in [4.69, 9.17) is 21.4 Å². The summed E-state index contributed by atoms with van der Waals surface area (Å²) in [6.07, 6.45) is 2.16. The Morgan fingerprint density at radius 1 is 1.48 bits per heavy atom. The van der Waals surface area contributed by atoms with Gasteiger partial charge in [-0.15, -0.1) is 0 Å². The molecule has 2 fully saturated rings. The Bertz CT molecular complexity index is 623. The minimum atomic E-state index is -0.969. The van der Waals surface area contributed by atoms with Crippen LogP contribution in [0.2, 0.25) is 5.15 Å². The first kappa shape index (κ1) is 17.8. The first-order chi connectivity index (χ1) is 10.9. The van der Waals surface area contributed by atoms with E-state index in [0.717, 1.165) is 18.5 Å². The zero-order valence-electron chi connectivity index (χ0n) is 13.6. The molecular formula is C15H21BClN2O4+. The highest BCUT2D eigenvalue weighted by Gasteiger charge is 2.55. The average Bonchev–Trinajstić information content (AvgIpc) is 3.25. The van der Waals surface area contributed by atoms with Crippen molar-refractivity contribution in [2.24, 2.45) is 0 Å². The topological polar surface area (TPSA) is 76.5 Å². The smallest absolute Gasteiger partial charge is 0.477 e. The summed E-state index contributed by atoms with van der Waals surface area (Å²) in [5.41, 5.74) is 1.61. The second-order valence-corrected chi connectivity index (χ2v) is 6.34. The van der Waals surface area contributed by atoms with Gasteiger partial charge in [0.05, 0.1) is 7.05 Å². The second kappa shape index (κ2) is 6.89. The normalized spacial score (nSPS) is 23.1. The molecule has 0 radical (unpaired) electrons. The van der Waals surface area contributed by atoms with E-state index in [-0.39, 0.29) is 17.5 Å². The van der Waals surface area contributed by atoms with Crippen molar-refractivity contribution in [2.75, 3.05) is 20.1 Å². The van der Waals surface area contributed by atoms with Crippen molar-refractivity contribution >= 4 is 36.1 Å². The number of aliphatic carboxylic acids is 1. The fourth-order valence-corrected chi connectivity index (χ4v) is 3.03. The number of aromatic nitrogens is 1. The highest BCUT2D eigenvalue weighted by molar-refractivity contribution is 6.63. The summed E-state index contributed by atoms with van der Waals surface area (Å²) >= 11 is 6.06. The van der Waals surface area contributed by atoms with E-state index < -0.39 is 19.0 Å². The number of pyridine rings is 1. The average molecular weight is 340 g/mol. The van der Waals surface area contributed by atoms with Gasteiger partial charge in [-0.1, -0.05) is 25.4 Å². The van der Waals surface area contributed by atoms with Crippen LogP contribution in [-0.2, 0) is 14.2 Å². The number of nitrogens with zero attached hydrogens (tertiary/aromatic N) is 2. The molecule has 2 aliphatic rings. The maximum Gasteiger partial charge on any atom is 0.680 e. The van der Waals surface area contributed by atoms with E-state index >= 15 is 0 Å². The molecule has 8 heteroatoms. The van der Waals surface area contributed by atoms with E-state index in [1.54, 1.807) is 13.1 Å². The van der Waals surface area contributed by atoms with Crippen molar-refractivity contribution in [1.82, 2.24) is 4.98 Å². The number of carbonyl (C=O) groups is 2. The zero-order valence-corrected chi connectivity index (χ0v) is 14.3. The monoisotopic (exact) mass is 339 g/mol. The third-order valence-corrected chi connectivity index (χ3v) is 4.11. The van der Waals surface area contributed by atoms with E-state index in [0.29, 0.717) is 16.5 Å². The van der Waals surface area contributed by atoms with E-state index in [9.17, 15) is 9.59 Å². The first-order valence-electron chi connectivity index (χ1n) is 7.80. The first-order valence-corrected chi connectivity index (χ1v) is 8.18. The number of hydrogen-bond donors (Lipinski definition) is 1. The SMILES string of the molecule is CC.C[N+]1(CC(=O)O)CC(=O)OB1c1cc(Cl)nc(C2CC2)c1. The fraction of sp³-hybridized carbons (Fsp3) is 0.533. The van der Waals surface area contributed by atoms with Gasteiger partial charge in [-0.3, -0.25) is 0 Å². The number of carboxylic acid groups (broad SMARTS) is 1. The van der Waals surface area contributed by atoms with Crippen LogP contribution in [0.3, 0.4) is 0 Å². The van der Waals surface area contributed by atoms with E-state index in [1.807, 2.05) is 19.9 Å². The van der Waals surface area contributed by atoms with Crippen LogP contribution < -0.4 is 5.46 Å². The third-order valence-electron chi connectivity index (χ3n) is 3.91. The van der Waals surface area contributed by atoms with Crippen LogP contribution in [0, 0.1) is 0 Å². The fourth-order valence-electron chi connectivity index (χ4n) is 2.81. The predicted molar refractivity (Wildman–Crippen MR) is 87.6 cm³/mol. The molecule has 0 aromatic carbocycles. The molecule has 1 aromatic rings. The number of hydrogen-bond acceptors (Lipinski definition) is 4. The number of quaternary nitrogens is 1. The van der Waals surface area contributed by atoms with Crippen molar-refractivity contribution in [3.63, 3.8) is 0 Å². The lowest BCUT2D eigenvalue weighted by molar-refractivity contribution is -0.786. The van der Waals surface area contributed by atoms with Crippen LogP contribution in [0.4, 0.5) is 0 Å². The Labute approximate surface area is 141 Å². The number of halogens is 1. The molecule has 2 heterocycles. The Morgan fingerprint density at radius 3 is 2.70 bits per heavy atom. The Morgan fingerprint density at radius 2 is 2.13 bits per heavy atom. The van der Waals surface area contributed by atoms with Crippen LogP contribution in [0.5, 0.6) is 0 Å². The van der Waals surface area contributed by atoms with Gasteiger partial charge >= 0.3 is 19.0 Å². The second-order valence-electron chi connectivity index (χ2n) is 5.95. The van der Waals surface area contributed by atoms with Crippen LogP contribution in [-0.4, -0.2) is 53.6 Å². The van der Waals surface area contributed by atoms with E-state index in [1.165, 1.54) is 0 Å². The largest absolute Gasteiger partial charge is 0.680 e. The quantitative estimate of drug-likeness (QED) is 0.663. The molecule has 1 unspecified atom stereocenters. The summed E-state index contributed by atoms with van der Waals surface area (Å²) in [5, 5.41) is 9.42. The van der Waals surface area contributed by atoms with Gasteiger partial charge in [0.15, 0.2) is 13.1 Å². The lowest BCUT2D eigenvalue weighted by Crippen LogP contribution is -2.60. The maximum atomic E-state index is 11.7. The molecule has 124 valence electrons. The van der Waals surface area contributed by atoms with Crippen molar-refractivity contribution < 1.29 is 23.7 Å². The minimum absolute atomic E-state index is 0.0153. The molecule has 1 atom stereocenters. The molecule has 0 spiro atoms. The molecule has 0 bridgehead atoms. The summed E-state index contributed by atoms with van der Waals surface area (Å²) in [6, 6.07) is 3.53. The number of likely N-dealkylation sites (N-methyl/N-ethyl adjacent to an activating group) is 1. The summed E-state index contributed by atoms with van der Waals surface area (Å²) in [7, 11) is 1.06. The predicted octanol–water partition coefficient (Wildman–Crippen LogP) is 1.42. The highest BCUT2D eigenvalue weighted by Crippen LogP contribution is 2.39. The van der Waals surface area contributed by atoms with Gasteiger partial charge in [0, 0.05) is 17.1 Å². The summed E-state index contributed by atoms with van der Waals surface area (Å²) in [5.74, 6) is -0.953. The molecular weight excluding hydrogens is 318 g/mol. The van der Waals surface area contributed by atoms with Crippen LogP contribution >= 0.6 is 11.6 Å². The van der Waals surface area contributed by atoms with Gasteiger partial charge in [0.1, 0.15) is 5.15 Å². The minimum Gasteiger partial charge on any atom is -0.477 e. The van der Waals surface area contributed by atoms with Crippen molar-refractivity contribution in [1.29, 1.82) is 0 Å². The van der Waals surface area contributed by atoms with Gasteiger partial charge in [-0.25, -0.2) is 14.6 Å². The van der Waals surface area contributed by atoms with Gasteiger partial charge in [0.2, 0.25) is 0 Å². The Hall–Kier alpha value is -1.60. The molecule has 0 amide bonds. The molecule has 1 aliphatic carbocycles. The molecule has 3 rings (SSSR count). The van der Waals surface area contributed by atoms with Gasteiger partial charge in [0.25, 0.3) is 0 Å². The maximum absolute atomic E-state index is 11.7. The molecule has 1 N–H and O–H groups in total. The molecule has 6 nitrogen and oxygen atoms in total. The number of carboxylic acids is 1.